The topological polar surface area (TPSA) is 415 Å². The Balaban J connectivity index is 1.54. The lowest BCUT2D eigenvalue weighted by molar-refractivity contribution is -0.145. The summed E-state index contributed by atoms with van der Waals surface area (Å²) in [5.74, 6) is -8.40. The molecule has 396 valence electrons. The number of nitrogens with zero attached hydrogens (tertiary/aromatic N) is 3. The third kappa shape index (κ3) is 18.2. The highest BCUT2D eigenvalue weighted by Gasteiger charge is 2.40. The maximum Gasteiger partial charge on any atom is 0.326 e. The van der Waals surface area contributed by atoms with Crippen molar-refractivity contribution in [3.8, 4) is 5.75 Å². The van der Waals surface area contributed by atoms with Gasteiger partial charge in [-0.1, -0.05) is 63.2 Å². The van der Waals surface area contributed by atoms with Crippen molar-refractivity contribution in [3.05, 3.63) is 83.9 Å². The van der Waals surface area contributed by atoms with Crippen LogP contribution in [-0.2, 0) is 62.4 Å². The van der Waals surface area contributed by atoms with Crippen molar-refractivity contribution >= 4 is 59.2 Å². The minimum absolute atomic E-state index is 0.000773. The third-order valence-corrected chi connectivity index (χ3v) is 12.0. The second-order valence-electron chi connectivity index (χ2n) is 18.0. The molecule has 2 aromatic carbocycles. The molecule has 0 saturated carbocycles. The zero-order valence-corrected chi connectivity index (χ0v) is 41.0. The molecule has 8 atom stereocenters. The van der Waals surface area contributed by atoms with Gasteiger partial charge in [-0.3, -0.25) is 43.3 Å². The number of nitrogens with one attached hydrogen (secondary N) is 7. The molecule has 0 aliphatic carbocycles. The van der Waals surface area contributed by atoms with Crippen molar-refractivity contribution in [1.29, 1.82) is 0 Å². The van der Waals surface area contributed by atoms with E-state index in [4.69, 9.17) is 22.9 Å². The van der Waals surface area contributed by atoms with E-state index in [-0.39, 0.29) is 69.7 Å². The molecule has 0 spiro atoms. The molecule has 4 rings (SSSR count). The van der Waals surface area contributed by atoms with Crippen LogP contribution in [0.2, 0.25) is 0 Å². The fourth-order valence-corrected chi connectivity index (χ4v) is 8.02. The van der Waals surface area contributed by atoms with Crippen molar-refractivity contribution in [3.63, 3.8) is 0 Å². The number of imidazole rings is 1. The second-order valence-corrected chi connectivity index (χ2v) is 18.0. The van der Waals surface area contributed by atoms with Crippen molar-refractivity contribution < 1.29 is 53.4 Å². The number of aliphatic imine (C=N–C) groups is 1. The molecule has 1 aliphatic heterocycles. The number of amides is 8. The molecule has 1 fully saturated rings. The fourth-order valence-electron chi connectivity index (χ4n) is 8.02. The second kappa shape index (κ2) is 28.1. The van der Waals surface area contributed by atoms with Crippen LogP contribution in [0.5, 0.6) is 5.75 Å². The maximum atomic E-state index is 14.4. The molecule has 0 bridgehead atoms. The number of hydrogen-bond donors (Lipinski definition) is 13. The van der Waals surface area contributed by atoms with Crippen molar-refractivity contribution in [2.75, 3.05) is 13.1 Å². The van der Waals surface area contributed by atoms with E-state index in [0.29, 0.717) is 23.2 Å². The molecule has 25 nitrogen and oxygen atoms in total. The Hall–Kier alpha value is -8.09. The number of rotatable bonds is 28. The van der Waals surface area contributed by atoms with Gasteiger partial charge in [-0.15, -0.1) is 0 Å². The van der Waals surface area contributed by atoms with Gasteiger partial charge in [0.15, 0.2) is 5.96 Å². The molecule has 1 aliphatic rings. The lowest BCUT2D eigenvalue weighted by atomic mass is 9.99. The summed E-state index contributed by atoms with van der Waals surface area (Å²) in [6.45, 7) is 5.08. The summed E-state index contributed by atoms with van der Waals surface area (Å²) in [5, 5.41) is 35.7. The number of phenols is 1. The zero-order chi connectivity index (χ0) is 53.8. The first-order chi connectivity index (χ1) is 34.7. The van der Waals surface area contributed by atoms with E-state index >= 15 is 0 Å². The fraction of sp³-hybridized carbons (Fsp3) is 0.479. The van der Waals surface area contributed by atoms with Crippen LogP contribution < -0.4 is 54.8 Å². The van der Waals surface area contributed by atoms with Crippen LogP contribution in [0.1, 0.15) is 76.1 Å². The van der Waals surface area contributed by atoms with Crippen LogP contribution >= 0.6 is 0 Å². The number of aromatic nitrogens is 2. The van der Waals surface area contributed by atoms with Gasteiger partial charge >= 0.3 is 5.97 Å². The van der Waals surface area contributed by atoms with Crippen LogP contribution in [0.4, 0.5) is 0 Å². The first-order valence-corrected chi connectivity index (χ1v) is 23.9. The van der Waals surface area contributed by atoms with E-state index in [2.05, 4.69) is 46.9 Å². The molecule has 3 aromatic rings. The van der Waals surface area contributed by atoms with Gasteiger partial charge in [0.05, 0.1) is 18.8 Å². The van der Waals surface area contributed by atoms with E-state index < -0.39 is 114 Å². The monoisotopic (exact) mass is 1020 g/mol. The predicted molar refractivity (Wildman–Crippen MR) is 265 cm³/mol. The summed E-state index contributed by atoms with van der Waals surface area (Å²) in [5.41, 5.74) is 23.5. The molecular formula is C48H68N14O11. The van der Waals surface area contributed by atoms with Crippen molar-refractivity contribution in [2.24, 2.45) is 33.8 Å². The lowest BCUT2D eigenvalue weighted by Gasteiger charge is -2.30. The number of carbonyl (C=O) groups excluding carboxylic acids is 8. The number of phenolic OH excluding ortho intramolecular Hbond substituents is 1. The summed E-state index contributed by atoms with van der Waals surface area (Å²) in [7, 11) is 0. The Morgan fingerprint density at radius 3 is 1.96 bits per heavy atom. The van der Waals surface area contributed by atoms with Crippen LogP contribution in [-0.4, -0.2) is 146 Å². The van der Waals surface area contributed by atoms with Gasteiger partial charge in [0.2, 0.25) is 47.3 Å². The highest BCUT2D eigenvalue weighted by atomic mass is 16.4. The number of guanidine groups is 1. The number of likely N-dealkylation sites (tertiary alicyclic amines) is 1. The molecule has 1 saturated heterocycles. The molecule has 73 heavy (non-hydrogen) atoms. The van der Waals surface area contributed by atoms with Crippen LogP contribution in [0.3, 0.4) is 0 Å². The predicted octanol–water partition coefficient (Wildman–Crippen LogP) is -2.55. The molecule has 17 N–H and O–H groups in total. The molecule has 2 heterocycles. The van der Waals surface area contributed by atoms with Gasteiger partial charge in [0.1, 0.15) is 48.0 Å². The van der Waals surface area contributed by atoms with Gasteiger partial charge in [-0.25, -0.2) is 9.78 Å². The third-order valence-electron chi connectivity index (χ3n) is 12.0. The van der Waals surface area contributed by atoms with Gasteiger partial charge in [-0.05, 0) is 61.3 Å². The molecule has 0 unspecified atom stereocenters. The highest BCUT2D eigenvalue weighted by Crippen LogP contribution is 2.21. The Kier molecular flexibility index (Phi) is 22.1. The van der Waals surface area contributed by atoms with E-state index in [9.17, 15) is 53.4 Å². The van der Waals surface area contributed by atoms with E-state index in [0.717, 1.165) is 0 Å². The van der Waals surface area contributed by atoms with E-state index in [1.54, 1.807) is 51.1 Å². The van der Waals surface area contributed by atoms with E-state index in [1.165, 1.54) is 41.7 Å². The van der Waals surface area contributed by atoms with Crippen LogP contribution in [0.25, 0.3) is 0 Å². The minimum atomic E-state index is -1.40. The normalized spacial score (nSPS) is 16.0. The zero-order valence-electron chi connectivity index (χ0n) is 41.0. The van der Waals surface area contributed by atoms with Gasteiger partial charge < -0.3 is 74.9 Å². The highest BCUT2D eigenvalue weighted by molar-refractivity contribution is 5.98. The molecular weight excluding hydrogens is 949 g/mol. The Bertz CT molecular complexity index is 2400. The largest absolute Gasteiger partial charge is 0.508 e. The summed E-state index contributed by atoms with van der Waals surface area (Å²) < 4.78 is 0. The first-order valence-electron chi connectivity index (χ1n) is 23.9. The Morgan fingerprint density at radius 1 is 0.753 bits per heavy atom. The number of benzene rings is 2. The van der Waals surface area contributed by atoms with Crippen molar-refractivity contribution in [1.82, 2.24) is 46.8 Å². The van der Waals surface area contributed by atoms with Gasteiger partial charge in [-0.2, -0.15) is 0 Å². The number of carboxylic acids is 1. The number of aromatic amines is 1. The molecule has 1 aromatic heterocycles. The number of aromatic hydroxyl groups is 1. The molecule has 8 amide bonds. The van der Waals surface area contributed by atoms with Crippen LogP contribution in [0.15, 0.2) is 72.1 Å². The lowest BCUT2D eigenvalue weighted by Crippen LogP contribution is -2.61. The van der Waals surface area contributed by atoms with Gasteiger partial charge in [0.25, 0.3) is 0 Å². The summed E-state index contributed by atoms with van der Waals surface area (Å²) in [6, 6.07) is 4.23. The Morgan fingerprint density at radius 2 is 1.36 bits per heavy atom. The van der Waals surface area contributed by atoms with Crippen LogP contribution in [0, 0.1) is 5.92 Å². The Labute approximate surface area is 421 Å². The number of nitrogens with two attached hydrogens (primary N) is 4. The smallest absolute Gasteiger partial charge is 0.326 e. The summed E-state index contributed by atoms with van der Waals surface area (Å²) in [6.07, 6.45) is 2.88. The number of hydrogen-bond acceptors (Lipinski definition) is 13. The number of primary amides is 1. The number of carbonyl (C=O) groups is 9. The molecule has 25 heteroatoms. The SMILES string of the molecule is CC[C@H](NC(=O)[C@H](Cc1ccc(O)cc1)NC(=O)[C@@H](NC(=O)[C@H](CCCN=C(N)N)NC(=O)[C@@H](N)CC(N)=O)C(C)C)C(=O)N[C@@H](Cc1cnc[nH]1)C(=O)N1CCC[C@H]1C(=O)N[C@@H](Cc1ccccc1)C(=O)O. The first kappa shape index (κ1) is 57.5. The number of aliphatic carboxylic acids is 1. The number of carboxylic acid groups (broad SMARTS) is 1. The summed E-state index contributed by atoms with van der Waals surface area (Å²) >= 11 is 0. The van der Waals surface area contributed by atoms with Gasteiger partial charge in [0, 0.05) is 44.2 Å². The molecule has 0 radical (unpaired) electrons. The summed E-state index contributed by atoms with van der Waals surface area (Å²) in [4.78, 5) is 133. The number of H-pyrrole nitrogens is 1. The maximum absolute atomic E-state index is 14.4. The minimum Gasteiger partial charge on any atom is -0.508 e. The average molecular weight is 1020 g/mol. The quantitative estimate of drug-likeness (QED) is 0.0202. The average Bonchev–Trinajstić information content (AvgIpc) is 4.06. The standard InChI is InChI=1S/C48H68N14O11/c1-4-32(41(66)59-35(22-29-24-53-25-55-29)46(71)62-19-9-13-37(62)44(69)60-36(47(72)73)21-27-10-6-5-7-11-27)56-43(68)34(20-28-14-16-30(63)17-15-28)58-45(70)39(26(2)3)61-42(67)33(12-8-18-54-48(51)52)57-40(65)31(49)23-38(50)64/h5-7,10-11,14-17,24-26,31-37,39,63H,4,8-9,12-13,18-23,49H2,1-3H3,(H2,50,64)(H,53,55)(H,56,68)(H,57,65)(H,58,70)(H,59,66)(H,60,69)(H,61,67)(H,72,73)(H4,51,52,54)/t31-,32-,33-,34-,35-,36-,37-,39-/m0/s1. The van der Waals surface area contributed by atoms with E-state index in [1.807, 2.05) is 0 Å². The van der Waals surface area contributed by atoms with Crippen molar-refractivity contribution in [2.45, 2.75) is 127 Å².